The largest absolute Gasteiger partial charge is 0.391 e. The van der Waals surface area contributed by atoms with Gasteiger partial charge in [0.2, 0.25) is 5.91 Å². The Bertz CT molecular complexity index is 540. The number of nitro groups is 1. The Morgan fingerprint density at radius 2 is 2.19 bits per heavy atom. The molecule has 1 aliphatic rings. The van der Waals surface area contributed by atoms with Crippen LogP contribution in [0.2, 0.25) is 0 Å². The molecule has 0 aliphatic heterocycles. The molecule has 0 spiro atoms. The Kier molecular flexibility index (Phi) is 4.26. The van der Waals surface area contributed by atoms with Crippen molar-refractivity contribution in [1.29, 1.82) is 0 Å². The van der Waals surface area contributed by atoms with Crippen LogP contribution in [-0.4, -0.2) is 37.9 Å². The van der Waals surface area contributed by atoms with Gasteiger partial charge in [0.15, 0.2) is 0 Å². The summed E-state index contributed by atoms with van der Waals surface area (Å²) in [4.78, 5) is 22.5. The summed E-state index contributed by atoms with van der Waals surface area (Å²) in [6.45, 7) is 3.27. The molecule has 2 N–H and O–H groups in total. The lowest BCUT2D eigenvalue weighted by atomic mass is 9.91. The lowest BCUT2D eigenvalue weighted by Crippen LogP contribution is -2.52. The molecule has 1 amide bonds. The molecule has 1 aromatic rings. The third-order valence-corrected chi connectivity index (χ3v) is 3.95. The molecule has 0 aromatic carbocycles. The highest BCUT2D eigenvalue weighted by Crippen LogP contribution is 2.22. The molecule has 1 heterocycles. The van der Waals surface area contributed by atoms with E-state index in [1.165, 1.54) is 10.9 Å². The standard InChI is InChI=1S/C13H20N4O4/c1-13(2,16-8-9(7-14-16)17(20)21)12(19)15-10-5-3-4-6-11(10)18/h7-8,10-11,18H,3-6H2,1-2H3,(H,15,19). The molecule has 116 valence electrons. The van der Waals surface area contributed by atoms with E-state index in [4.69, 9.17) is 0 Å². The van der Waals surface area contributed by atoms with E-state index >= 15 is 0 Å². The predicted molar refractivity (Wildman–Crippen MR) is 74.6 cm³/mol. The average molecular weight is 296 g/mol. The van der Waals surface area contributed by atoms with Gasteiger partial charge in [-0.1, -0.05) is 12.8 Å². The van der Waals surface area contributed by atoms with Gasteiger partial charge >= 0.3 is 5.69 Å². The van der Waals surface area contributed by atoms with Crippen molar-refractivity contribution in [2.45, 2.75) is 57.2 Å². The second kappa shape index (κ2) is 5.80. The maximum Gasteiger partial charge on any atom is 0.307 e. The zero-order chi connectivity index (χ0) is 15.6. The molecule has 1 aliphatic carbocycles. The van der Waals surface area contributed by atoms with Crippen LogP contribution in [-0.2, 0) is 10.3 Å². The van der Waals surface area contributed by atoms with Gasteiger partial charge in [-0.15, -0.1) is 0 Å². The van der Waals surface area contributed by atoms with Gasteiger partial charge in [-0.05, 0) is 26.7 Å². The summed E-state index contributed by atoms with van der Waals surface area (Å²) in [6, 6.07) is -0.268. The monoisotopic (exact) mass is 296 g/mol. The zero-order valence-electron chi connectivity index (χ0n) is 12.2. The number of nitrogens with one attached hydrogen (secondary N) is 1. The zero-order valence-corrected chi connectivity index (χ0v) is 12.2. The number of aliphatic hydroxyl groups excluding tert-OH is 1. The molecule has 0 radical (unpaired) electrons. The third kappa shape index (κ3) is 3.21. The van der Waals surface area contributed by atoms with Crippen LogP contribution < -0.4 is 5.32 Å². The van der Waals surface area contributed by atoms with Crippen molar-refractivity contribution in [1.82, 2.24) is 15.1 Å². The number of carbonyl (C=O) groups is 1. The summed E-state index contributed by atoms with van der Waals surface area (Å²) < 4.78 is 1.27. The van der Waals surface area contributed by atoms with Crippen LogP contribution in [0.1, 0.15) is 39.5 Å². The molecule has 1 aromatic heterocycles. The summed E-state index contributed by atoms with van der Waals surface area (Å²) in [7, 11) is 0. The van der Waals surface area contributed by atoms with Crippen molar-refractivity contribution in [3.05, 3.63) is 22.5 Å². The normalized spacial score (nSPS) is 22.8. The SMILES string of the molecule is CC(C)(C(=O)NC1CCCCC1O)n1cc([N+](=O)[O-])cn1. The van der Waals surface area contributed by atoms with Crippen LogP contribution >= 0.6 is 0 Å². The Labute approximate surface area is 122 Å². The first-order valence-corrected chi connectivity index (χ1v) is 7.01. The van der Waals surface area contributed by atoms with E-state index in [9.17, 15) is 20.0 Å². The van der Waals surface area contributed by atoms with Gasteiger partial charge in [0, 0.05) is 0 Å². The fraction of sp³-hybridized carbons (Fsp3) is 0.692. The van der Waals surface area contributed by atoms with E-state index in [1.54, 1.807) is 13.8 Å². The Hall–Kier alpha value is -1.96. The minimum atomic E-state index is -1.06. The quantitative estimate of drug-likeness (QED) is 0.634. The molecule has 2 unspecified atom stereocenters. The summed E-state index contributed by atoms with van der Waals surface area (Å²) >= 11 is 0. The lowest BCUT2D eigenvalue weighted by molar-refractivity contribution is -0.385. The van der Waals surface area contributed by atoms with Crippen molar-refractivity contribution < 1.29 is 14.8 Å². The number of rotatable bonds is 4. The van der Waals surface area contributed by atoms with Gasteiger partial charge < -0.3 is 10.4 Å². The fourth-order valence-electron chi connectivity index (χ4n) is 2.44. The van der Waals surface area contributed by atoms with E-state index in [2.05, 4.69) is 10.4 Å². The van der Waals surface area contributed by atoms with Crippen molar-refractivity contribution in [2.24, 2.45) is 0 Å². The highest BCUT2D eigenvalue weighted by Gasteiger charge is 2.35. The molecular formula is C13H20N4O4. The second-order valence-corrected chi connectivity index (χ2v) is 5.89. The maximum absolute atomic E-state index is 12.4. The van der Waals surface area contributed by atoms with Crippen molar-refractivity contribution in [2.75, 3.05) is 0 Å². The number of nitrogens with zero attached hydrogens (tertiary/aromatic N) is 3. The number of amides is 1. The summed E-state index contributed by atoms with van der Waals surface area (Å²) in [5.74, 6) is -0.313. The van der Waals surface area contributed by atoms with Gasteiger partial charge in [-0.25, -0.2) is 0 Å². The molecule has 2 rings (SSSR count). The summed E-state index contributed by atoms with van der Waals surface area (Å²) in [5, 5.41) is 27.3. The first kappa shape index (κ1) is 15.4. The van der Waals surface area contributed by atoms with E-state index < -0.39 is 16.6 Å². The van der Waals surface area contributed by atoms with Crippen molar-refractivity contribution in [3.8, 4) is 0 Å². The van der Waals surface area contributed by atoms with Crippen LogP contribution in [0, 0.1) is 10.1 Å². The second-order valence-electron chi connectivity index (χ2n) is 5.89. The van der Waals surface area contributed by atoms with Gasteiger partial charge in [-0.3, -0.25) is 19.6 Å². The molecule has 2 atom stereocenters. The molecule has 8 heteroatoms. The minimum Gasteiger partial charge on any atom is -0.391 e. The predicted octanol–water partition coefficient (Wildman–Crippen LogP) is 0.946. The molecule has 0 saturated heterocycles. The number of aromatic nitrogens is 2. The van der Waals surface area contributed by atoms with Crippen LogP contribution in [0.15, 0.2) is 12.4 Å². The van der Waals surface area contributed by atoms with Gasteiger partial charge in [0.1, 0.15) is 17.9 Å². The Balaban J connectivity index is 2.10. The topological polar surface area (TPSA) is 110 Å². The van der Waals surface area contributed by atoms with Gasteiger partial charge in [0.25, 0.3) is 0 Å². The number of hydrogen-bond acceptors (Lipinski definition) is 5. The van der Waals surface area contributed by atoms with E-state index in [0.717, 1.165) is 25.5 Å². The van der Waals surface area contributed by atoms with E-state index in [0.29, 0.717) is 6.42 Å². The molecule has 21 heavy (non-hydrogen) atoms. The number of hydrogen-bond donors (Lipinski definition) is 2. The summed E-state index contributed by atoms with van der Waals surface area (Å²) in [6.07, 6.45) is 5.16. The maximum atomic E-state index is 12.4. The summed E-state index contributed by atoms with van der Waals surface area (Å²) in [5.41, 5.74) is -1.22. The van der Waals surface area contributed by atoms with Gasteiger partial charge in [-0.2, -0.15) is 5.10 Å². The average Bonchev–Trinajstić information content (AvgIpc) is 2.91. The van der Waals surface area contributed by atoms with Gasteiger partial charge in [0.05, 0.1) is 17.1 Å². The van der Waals surface area contributed by atoms with Crippen LogP contribution in [0.25, 0.3) is 0 Å². The Morgan fingerprint density at radius 1 is 1.52 bits per heavy atom. The number of aliphatic hydroxyl groups is 1. The van der Waals surface area contributed by atoms with Crippen LogP contribution in [0.3, 0.4) is 0 Å². The van der Waals surface area contributed by atoms with Crippen LogP contribution in [0.5, 0.6) is 0 Å². The van der Waals surface area contributed by atoms with E-state index in [1.807, 2.05) is 0 Å². The van der Waals surface area contributed by atoms with Crippen molar-refractivity contribution in [3.63, 3.8) is 0 Å². The minimum absolute atomic E-state index is 0.159. The smallest absolute Gasteiger partial charge is 0.307 e. The highest BCUT2D eigenvalue weighted by atomic mass is 16.6. The molecule has 1 saturated carbocycles. The lowest BCUT2D eigenvalue weighted by Gasteiger charge is -2.32. The fourth-order valence-corrected chi connectivity index (χ4v) is 2.44. The highest BCUT2D eigenvalue weighted by molar-refractivity contribution is 5.83. The number of carbonyl (C=O) groups excluding carboxylic acids is 1. The Morgan fingerprint density at radius 3 is 2.76 bits per heavy atom. The molecule has 1 fully saturated rings. The van der Waals surface area contributed by atoms with Crippen molar-refractivity contribution >= 4 is 11.6 Å². The first-order valence-electron chi connectivity index (χ1n) is 7.01. The van der Waals surface area contributed by atoms with E-state index in [-0.39, 0.29) is 17.6 Å². The molecule has 8 nitrogen and oxygen atoms in total. The molecule has 0 bridgehead atoms. The van der Waals surface area contributed by atoms with Crippen LogP contribution in [0.4, 0.5) is 5.69 Å². The first-order chi connectivity index (χ1) is 9.82. The third-order valence-electron chi connectivity index (χ3n) is 3.95. The molecular weight excluding hydrogens is 276 g/mol.